The van der Waals surface area contributed by atoms with E-state index < -0.39 is 5.41 Å². The molecule has 0 saturated carbocycles. The summed E-state index contributed by atoms with van der Waals surface area (Å²) >= 11 is 0. The molecular formula is C18H24LiN2O4. The Balaban J connectivity index is 0.00000225. The normalized spacial score (nSPS) is 23.7. The molecule has 2 saturated heterocycles. The van der Waals surface area contributed by atoms with Crippen molar-refractivity contribution >= 4 is 30.9 Å². The number of rotatable bonds is 4. The standard InChI is InChI=1S/C18H24N2O4.Li/c1-18(7-12-23-16(18)21)14-19-8-10-20(11-9-19)17(22)24-13-15-5-3-2-4-6-15;/h2-6H,7-14H2,1H3;. The minimum Gasteiger partial charge on any atom is -0.465 e. The molecule has 0 spiro atoms. The summed E-state index contributed by atoms with van der Waals surface area (Å²) in [5.41, 5.74) is 0.577. The van der Waals surface area contributed by atoms with Gasteiger partial charge in [0, 0.05) is 51.6 Å². The molecule has 6 nitrogen and oxygen atoms in total. The monoisotopic (exact) mass is 339 g/mol. The van der Waals surface area contributed by atoms with Gasteiger partial charge in [0.25, 0.3) is 0 Å². The first-order chi connectivity index (χ1) is 11.6. The van der Waals surface area contributed by atoms with Crippen molar-refractivity contribution in [3.8, 4) is 0 Å². The zero-order valence-electron chi connectivity index (χ0n) is 15.1. The number of carbonyl (C=O) groups is 2. The second-order valence-electron chi connectivity index (χ2n) is 6.75. The Labute approximate surface area is 160 Å². The zero-order valence-corrected chi connectivity index (χ0v) is 15.1. The number of benzene rings is 1. The van der Waals surface area contributed by atoms with E-state index in [0.717, 1.165) is 25.1 Å². The van der Waals surface area contributed by atoms with E-state index in [4.69, 9.17) is 9.47 Å². The van der Waals surface area contributed by atoms with Gasteiger partial charge in [-0.1, -0.05) is 30.3 Å². The quantitative estimate of drug-likeness (QED) is 0.615. The molecule has 2 heterocycles. The number of nitrogens with zero attached hydrogens (tertiary/aromatic N) is 2. The molecule has 0 aromatic heterocycles. The molecular weight excluding hydrogens is 315 g/mol. The number of piperazine rings is 1. The average molecular weight is 339 g/mol. The van der Waals surface area contributed by atoms with Crippen LogP contribution in [0, 0.1) is 5.41 Å². The summed E-state index contributed by atoms with van der Waals surface area (Å²) in [7, 11) is 0. The molecule has 25 heavy (non-hydrogen) atoms. The predicted octanol–water partition coefficient (Wildman–Crippen LogP) is 1.51. The van der Waals surface area contributed by atoms with Gasteiger partial charge in [-0.05, 0) is 18.9 Å². The topological polar surface area (TPSA) is 59.1 Å². The molecule has 7 heteroatoms. The van der Waals surface area contributed by atoms with Crippen molar-refractivity contribution in [2.24, 2.45) is 5.41 Å². The molecule has 0 bridgehead atoms. The summed E-state index contributed by atoms with van der Waals surface area (Å²) in [5, 5.41) is 0. The number of hydrogen-bond donors (Lipinski definition) is 0. The van der Waals surface area contributed by atoms with Crippen molar-refractivity contribution < 1.29 is 19.1 Å². The van der Waals surface area contributed by atoms with Crippen LogP contribution in [0.5, 0.6) is 0 Å². The number of ether oxygens (including phenoxy) is 2. The molecule has 2 aliphatic rings. The van der Waals surface area contributed by atoms with E-state index in [-0.39, 0.29) is 30.9 Å². The third kappa shape index (κ3) is 5.01. The van der Waals surface area contributed by atoms with Gasteiger partial charge < -0.3 is 14.4 Å². The Morgan fingerprint density at radius 1 is 1.20 bits per heavy atom. The van der Waals surface area contributed by atoms with Gasteiger partial charge in [-0.3, -0.25) is 9.69 Å². The van der Waals surface area contributed by atoms with Crippen LogP contribution in [0.4, 0.5) is 4.79 Å². The molecule has 3 rings (SSSR count). The van der Waals surface area contributed by atoms with Crippen LogP contribution in [0.3, 0.4) is 0 Å². The summed E-state index contributed by atoms with van der Waals surface area (Å²) in [6.07, 6.45) is 0.496. The molecule has 2 aliphatic heterocycles. The number of esters is 1. The first kappa shape index (κ1) is 19.8. The summed E-state index contributed by atoms with van der Waals surface area (Å²) in [6.45, 7) is 6.22. The minimum atomic E-state index is -0.407. The van der Waals surface area contributed by atoms with E-state index in [0.29, 0.717) is 32.8 Å². The Morgan fingerprint density at radius 2 is 1.88 bits per heavy atom. The van der Waals surface area contributed by atoms with Gasteiger partial charge >= 0.3 is 12.1 Å². The summed E-state index contributed by atoms with van der Waals surface area (Å²) in [5.74, 6) is -0.104. The minimum absolute atomic E-state index is 0. The molecule has 1 radical (unpaired) electrons. The number of hydrogen-bond acceptors (Lipinski definition) is 5. The van der Waals surface area contributed by atoms with Crippen LogP contribution in [-0.4, -0.2) is 80.1 Å². The Kier molecular flexibility index (Phi) is 6.94. The van der Waals surface area contributed by atoms with Crippen molar-refractivity contribution in [1.29, 1.82) is 0 Å². The van der Waals surface area contributed by atoms with Crippen LogP contribution in [-0.2, 0) is 20.9 Å². The maximum atomic E-state index is 12.1. The molecule has 131 valence electrons. The molecule has 1 atom stereocenters. The maximum Gasteiger partial charge on any atom is 0.410 e. The van der Waals surface area contributed by atoms with Crippen LogP contribution in [0.1, 0.15) is 18.9 Å². The van der Waals surface area contributed by atoms with Gasteiger partial charge in [0.05, 0.1) is 12.0 Å². The fourth-order valence-electron chi connectivity index (χ4n) is 3.18. The molecule has 2 fully saturated rings. The van der Waals surface area contributed by atoms with E-state index in [9.17, 15) is 9.59 Å². The molecule has 1 aromatic rings. The van der Waals surface area contributed by atoms with Gasteiger partial charge in [0.15, 0.2) is 0 Å². The zero-order chi connectivity index (χ0) is 17.0. The van der Waals surface area contributed by atoms with E-state index in [1.165, 1.54) is 0 Å². The second kappa shape index (κ2) is 8.75. The average Bonchev–Trinajstić information content (AvgIpc) is 2.93. The summed E-state index contributed by atoms with van der Waals surface area (Å²) < 4.78 is 10.5. The first-order valence-electron chi connectivity index (χ1n) is 8.42. The second-order valence-corrected chi connectivity index (χ2v) is 6.75. The fraction of sp³-hybridized carbons (Fsp3) is 0.556. The van der Waals surface area contributed by atoms with E-state index in [2.05, 4.69) is 4.90 Å². The van der Waals surface area contributed by atoms with Gasteiger partial charge in [0.1, 0.15) is 6.61 Å². The van der Waals surface area contributed by atoms with Crippen LogP contribution >= 0.6 is 0 Å². The van der Waals surface area contributed by atoms with Gasteiger partial charge in [-0.2, -0.15) is 0 Å². The van der Waals surface area contributed by atoms with Crippen LogP contribution in [0.15, 0.2) is 30.3 Å². The maximum absolute atomic E-state index is 12.1. The van der Waals surface area contributed by atoms with E-state index in [1.54, 1.807) is 4.90 Å². The fourth-order valence-corrected chi connectivity index (χ4v) is 3.18. The smallest absolute Gasteiger partial charge is 0.410 e. The Bertz CT molecular complexity index is 590. The molecule has 1 aromatic carbocycles. The number of carbonyl (C=O) groups excluding carboxylic acids is 2. The molecule has 0 aliphatic carbocycles. The van der Waals surface area contributed by atoms with Crippen molar-refractivity contribution in [2.45, 2.75) is 20.0 Å². The van der Waals surface area contributed by atoms with Crippen LogP contribution in [0.2, 0.25) is 0 Å². The van der Waals surface area contributed by atoms with Gasteiger partial charge in [-0.25, -0.2) is 4.79 Å². The van der Waals surface area contributed by atoms with E-state index >= 15 is 0 Å². The van der Waals surface area contributed by atoms with Crippen molar-refractivity contribution in [3.05, 3.63) is 35.9 Å². The predicted molar refractivity (Wildman–Crippen MR) is 94.1 cm³/mol. The van der Waals surface area contributed by atoms with Crippen molar-refractivity contribution in [1.82, 2.24) is 9.80 Å². The first-order valence-corrected chi connectivity index (χ1v) is 8.42. The van der Waals surface area contributed by atoms with Gasteiger partial charge in [0.2, 0.25) is 0 Å². The van der Waals surface area contributed by atoms with Crippen LogP contribution in [0.25, 0.3) is 0 Å². The third-order valence-corrected chi connectivity index (χ3v) is 4.79. The summed E-state index contributed by atoms with van der Waals surface area (Å²) in [6, 6.07) is 9.66. The van der Waals surface area contributed by atoms with Gasteiger partial charge in [-0.15, -0.1) is 0 Å². The van der Waals surface area contributed by atoms with Crippen LogP contribution < -0.4 is 0 Å². The molecule has 0 N–H and O–H groups in total. The third-order valence-electron chi connectivity index (χ3n) is 4.79. The molecule has 1 amide bonds. The Morgan fingerprint density at radius 3 is 2.48 bits per heavy atom. The largest absolute Gasteiger partial charge is 0.465 e. The van der Waals surface area contributed by atoms with Crippen molar-refractivity contribution in [3.63, 3.8) is 0 Å². The number of cyclic esters (lactones) is 1. The molecule has 1 unspecified atom stereocenters. The Hall–Kier alpha value is -1.48. The van der Waals surface area contributed by atoms with Crippen molar-refractivity contribution in [2.75, 3.05) is 39.3 Å². The van der Waals surface area contributed by atoms with E-state index in [1.807, 2.05) is 37.3 Å². The number of amides is 1. The SMILES string of the molecule is CC1(CN2CCN(C(=O)OCc3ccccc3)CC2)CCOC1=O.[Li]. The summed E-state index contributed by atoms with van der Waals surface area (Å²) in [4.78, 5) is 27.9.